The van der Waals surface area contributed by atoms with Gasteiger partial charge in [-0.3, -0.25) is 4.79 Å². The molecule has 0 saturated carbocycles. The number of piperidine rings is 1. The summed E-state index contributed by atoms with van der Waals surface area (Å²) in [5, 5.41) is 0. The number of carbonyl (C=O) groups is 1. The Hall–Kier alpha value is -1.90. The lowest BCUT2D eigenvalue weighted by Crippen LogP contribution is -2.35. The van der Waals surface area contributed by atoms with E-state index in [1.165, 1.54) is 11.3 Å². The van der Waals surface area contributed by atoms with Gasteiger partial charge < -0.3 is 9.64 Å². The standard InChI is InChI=1S/C22H28N2O4S2/c1-28-18-9-7-17(8-10-18)20-6-5-15-24(20)21(25)16-19-11-12-22(29-19)30(26,27)23-13-3-2-4-14-23/h7-12,20H,2-6,13-16H2,1H3. The van der Waals surface area contributed by atoms with E-state index in [0.717, 1.165) is 54.8 Å². The smallest absolute Gasteiger partial charge is 0.252 e. The number of thiophene rings is 1. The van der Waals surface area contributed by atoms with Gasteiger partial charge in [0.1, 0.15) is 9.96 Å². The van der Waals surface area contributed by atoms with Crippen molar-refractivity contribution in [1.29, 1.82) is 0 Å². The summed E-state index contributed by atoms with van der Waals surface area (Å²) in [5.41, 5.74) is 1.11. The molecule has 0 spiro atoms. The van der Waals surface area contributed by atoms with Crippen molar-refractivity contribution in [3.05, 3.63) is 46.8 Å². The van der Waals surface area contributed by atoms with Gasteiger partial charge in [-0.05, 0) is 55.5 Å². The van der Waals surface area contributed by atoms with Crippen LogP contribution in [0.2, 0.25) is 0 Å². The number of rotatable bonds is 6. The highest BCUT2D eigenvalue weighted by Crippen LogP contribution is 2.34. The van der Waals surface area contributed by atoms with E-state index in [-0.39, 0.29) is 18.4 Å². The zero-order chi connectivity index (χ0) is 21.1. The molecule has 4 rings (SSSR count). The Morgan fingerprint density at radius 3 is 2.47 bits per heavy atom. The number of nitrogens with zero attached hydrogens (tertiary/aromatic N) is 2. The fourth-order valence-electron chi connectivity index (χ4n) is 4.31. The van der Waals surface area contributed by atoms with E-state index in [9.17, 15) is 13.2 Å². The summed E-state index contributed by atoms with van der Waals surface area (Å²) in [6.45, 7) is 1.91. The van der Waals surface area contributed by atoms with Crippen molar-refractivity contribution in [2.45, 2.75) is 48.8 Å². The van der Waals surface area contributed by atoms with Crippen LogP contribution < -0.4 is 4.74 Å². The molecular formula is C22H28N2O4S2. The molecule has 30 heavy (non-hydrogen) atoms. The first kappa shape index (κ1) is 21.3. The van der Waals surface area contributed by atoms with Crippen LogP contribution in [0.1, 0.15) is 48.6 Å². The van der Waals surface area contributed by atoms with Crippen LogP contribution >= 0.6 is 11.3 Å². The molecule has 1 unspecified atom stereocenters. The van der Waals surface area contributed by atoms with Crippen molar-refractivity contribution >= 4 is 27.3 Å². The van der Waals surface area contributed by atoms with Crippen LogP contribution in [0.4, 0.5) is 0 Å². The van der Waals surface area contributed by atoms with Gasteiger partial charge in [0.2, 0.25) is 5.91 Å². The molecule has 1 atom stereocenters. The van der Waals surface area contributed by atoms with Crippen LogP contribution in [0.15, 0.2) is 40.6 Å². The Kier molecular flexibility index (Phi) is 6.46. The minimum Gasteiger partial charge on any atom is -0.497 e. The molecule has 2 fully saturated rings. The fourth-order valence-corrected chi connectivity index (χ4v) is 7.33. The van der Waals surface area contributed by atoms with Crippen molar-refractivity contribution < 1.29 is 17.9 Å². The van der Waals surface area contributed by atoms with E-state index in [4.69, 9.17) is 4.74 Å². The largest absolute Gasteiger partial charge is 0.497 e. The third-order valence-corrected chi connectivity index (χ3v) is 9.40. The number of benzene rings is 1. The molecule has 6 nitrogen and oxygen atoms in total. The second-order valence-electron chi connectivity index (χ2n) is 7.88. The average Bonchev–Trinajstić information content (AvgIpc) is 3.44. The molecule has 2 saturated heterocycles. The summed E-state index contributed by atoms with van der Waals surface area (Å²) >= 11 is 1.23. The third kappa shape index (κ3) is 4.40. The van der Waals surface area contributed by atoms with Crippen molar-refractivity contribution in [3.63, 3.8) is 0 Å². The predicted octanol–water partition coefficient (Wildman–Crippen LogP) is 3.84. The van der Waals surface area contributed by atoms with Gasteiger partial charge in [-0.1, -0.05) is 18.6 Å². The van der Waals surface area contributed by atoms with Gasteiger partial charge >= 0.3 is 0 Å². The lowest BCUT2D eigenvalue weighted by atomic mass is 10.0. The van der Waals surface area contributed by atoms with Gasteiger partial charge in [-0.2, -0.15) is 4.31 Å². The van der Waals surface area contributed by atoms with E-state index < -0.39 is 10.0 Å². The molecule has 1 aromatic heterocycles. The molecule has 0 radical (unpaired) electrons. The number of likely N-dealkylation sites (tertiary alicyclic amines) is 1. The average molecular weight is 449 g/mol. The van der Waals surface area contributed by atoms with Gasteiger partial charge in [0.05, 0.1) is 19.6 Å². The van der Waals surface area contributed by atoms with E-state index in [0.29, 0.717) is 17.3 Å². The molecule has 2 aliphatic heterocycles. The fraction of sp³-hybridized carbons (Fsp3) is 0.500. The number of hydrogen-bond donors (Lipinski definition) is 0. The molecule has 2 aliphatic rings. The number of carbonyl (C=O) groups excluding carboxylic acids is 1. The van der Waals surface area contributed by atoms with E-state index >= 15 is 0 Å². The molecule has 2 aromatic rings. The summed E-state index contributed by atoms with van der Waals surface area (Å²) in [5.74, 6) is 0.854. The Bertz CT molecular complexity index is 979. The van der Waals surface area contributed by atoms with Crippen molar-refractivity contribution in [3.8, 4) is 5.75 Å². The first-order valence-corrected chi connectivity index (χ1v) is 12.8. The Labute approximate surface area is 182 Å². The Morgan fingerprint density at radius 2 is 1.77 bits per heavy atom. The highest BCUT2D eigenvalue weighted by Gasteiger charge is 2.31. The minimum atomic E-state index is -3.44. The van der Waals surface area contributed by atoms with Crippen LogP contribution in [0.3, 0.4) is 0 Å². The van der Waals surface area contributed by atoms with Crippen LogP contribution in [-0.4, -0.2) is 50.3 Å². The second kappa shape index (κ2) is 9.08. The molecule has 0 aliphatic carbocycles. The molecule has 162 valence electrons. The van der Waals surface area contributed by atoms with Crippen molar-refractivity contribution in [1.82, 2.24) is 9.21 Å². The van der Waals surface area contributed by atoms with E-state index in [1.54, 1.807) is 23.5 Å². The monoisotopic (exact) mass is 448 g/mol. The van der Waals surface area contributed by atoms with E-state index in [1.807, 2.05) is 29.2 Å². The lowest BCUT2D eigenvalue weighted by Gasteiger charge is -2.25. The van der Waals surface area contributed by atoms with Crippen LogP contribution in [-0.2, 0) is 21.2 Å². The molecule has 0 bridgehead atoms. The van der Waals surface area contributed by atoms with Crippen molar-refractivity contribution in [2.24, 2.45) is 0 Å². The van der Waals surface area contributed by atoms with Gasteiger partial charge in [-0.15, -0.1) is 11.3 Å². The normalized spacial score (nSPS) is 20.4. The Balaban J connectivity index is 1.44. The third-order valence-electron chi connectivity index (χ3n) is 5.95. The summed E-state index contributed by atoms with van der Waals surface area (Å²) in [6.07, 6.45) is 5.07. The number of methoxy groups -OCH3 is 1. The number of hydrogen-bond acceptors (Lipinski definition) is 5. The minimum absolute atomic E-state index is 0.0529. The van der Waals surface area contributed by atoms with E-state index in [2.05, 4.69) is 0 Å². The zero-order valence-corrected chi connectivity index (χ0v) is 18.9. The first-order valence-electron chi connectivity index (χ1n) is 10.5. The molecule has 1 aromatic carbocycles. The van der Waals surface area contributed by atoms with Crippen LogP contribution in [0.5, 0.6) is 5.75 Å². The summed E-state index contributed by atoms with van der Waals surface area (Å²) in [6, 6.07) is 11.4. The summed E-state index contributed by atoms with van der Waals surface area (Å²) in [4.78, 5) is 15.8. The topological polar surface area (TPSA) is 66.9 Å². The summed E-state index contributed by atoms with van der Waals surface area (Å²) in [7, 11) is -1.80. The maximum Gasteiger partial charge on any atom is 0.252 e. The highest BCUT2D eigenvalue weighted by atomic mass is 32.2. The van der Waals surface area contributed by atoms with Gasteiger partial charge in [0, 0.05) is 24.5 Å². The predicted molar refractivity (Wildman–Crippen MR) is 117 cm³/mol. The second-order valence-corrected chi connectivity index (χ2v) is 11.2. The Morgan fingerprint density at radius 1 is 1.03 bits per heavy atom. The number of ether oxygens (including phenoxy) is 1. The molecule has 1 amide bonds. The van der Waals surface area contributed by atoms with Gasteiger partial charge in [0.25, 0.3) is 10.0 Å². The molecule has 8 heteroatoms. The maximum atomic E-state index is 13.0. The first-order chi connectivity index (χ1) is 14.5. The maximum absolute atomic E-state index is 13.0. The highest BCUT2D eigenvalue weighted by molar-refractivity contribution is 7.91. The SMILES string of the molecule is COc1ccc(C2CCCN2C(=O)Cc2ccc(S(=O)(=O)N3CCCCC3)s2)cc1. The number of sulfonamides is 1. The lowest BCUT2D eigenvalue weighted by molar-refractivity contribution is -0.131. The van der Waals surface area contributed by atoms with Crippen LogP contribution in [0, 0.1) is 0 Å². The van der Waals surface area contributed by atoms with Crippen molar-refractivity contribution in [2.75, 3.05) is 26.7 Å². The molecule has 0 N–H and O–H groups in total. The number of amides is 1. The van der Waals surface area contributed by atoms with Gasteiger partial charge in [0.15, 0.2) is 0 Å². The van der Waals surface area contributed by atoms with Crippen LogP contribution in [0.25, 0.3) is 0 Å². The zero-order valence-electron chi connectivity index (χ0n) is 17.2. The molecule has 3 heterocycles. The summed E-state index contributed by atoms with van der Waals surface area (Å²) < 4.78 is 32.9. The van der Waals surface area contributed by atoms with Gasteiger partial charge in [-0.25, -0.2) is 8.42 Å². The molecular weight excluding hydrogens is 420 g/mol. The quantitative estimate of drug-likeness (QED) is 0.673.